The van der Waals surface area contributed by atoms with Crippen molar-refractivity contribution >= 4 is 21.8 Å². The first kappa shape index (κ1) is 21.4. The number of methoxy groups -OCH3 is 2. The van der Waals surface area contributed by atoms with E-state index in [1.165, 1.54) is 26.4 Å². The van der Waals surface area contributed by atoms with Gasteiger partial charge in [0.15, 0.2) is 6.79 Å². The van der Waals surface area contributed by atoms with Crippen LogP contribution in [0.25, 0.3) is 0 Å². The molecule has 1 aliphatic rings. The third-order valence-electron chi connectivity index (χ3n) is 4.65. The SMILES string of the molecule is COCOc1c(Br)c(OC)cc2c1CN(CCc1ccc(C(F)(F)F)cc1)C2=O. The Hall–Kier alpha value is -2.26. The summed E-state index contributed by atoms with van der Waals surface area (Å²) in [6.45, 7) is 0.705. The lowest BCUT2D eigenvalue weighted by molar-refractivity contribution is -0.137. The normalized spacial score (nSPS) is 13.6. The maximum absolute atomic E-state index is 12.8. The van der Waals surface area contributed by atoms with Gasteiger partial charge in [0.2, 0.25) is 0 Å². The molecule has 1 aliphatic heterocycles. The maximum atomic E-state index is 12.8. The lowest BCUT2D eigenvalue weighted by atomic mass is 10.1. The minimum absolute atomic E-state index is 0.0119. The van der Waals surface area contributed by atoms with Crippen LogP contribution in [0.3, 0.4) is 0 Å². The van der Waals surface area contributed by atoms with E-state index in [1.807, 2.05) is 0 Å². The molecule has 2 aromatic carbocycles. The number of hydrogen-bond donors (Lipinski definition) is 0. The monoisotopic (exact) mass is 473 g/mol. The van der Waals surface area contributed by atoms with Crippen LogP contribution in [0.5, 0.6) is 11.5 Å². The van der Waals surface area contributed by atoms with E-state index in [0.717, 1.165) is 17.7 Å². The molecule has 0 saturated carbocycles. The van der Waals surface area contributed by atoms with Gasteiger partial charge >= 0.3 is 6.18 Å². The van der Waals surface area contributed by atoms with E-state index >= 15 is 0 Å². The highest BCUT2D eigenvalue weighted by atomic mass is 79.9. The average molecular weight is 474 g/mol. The fourth-order valence-electron chi connectivity index (χ4n) is 3.15. The molecule has 0 spiro atoms. The molecule has 0 bridgehead atoms. The van der Waals surface area contributed by atoms with Crippen molar-refractivity contribution in [2.24, 2.45) is 0 Å². The zero-order chi connectivity index (χ0) is 21.2. The highest BCUT2D eigenvalue weighted by Gasteiger charge is 2.33. The molecule has 1 heterocycles. The topological polar surface area (TPSA) is 48.0 Å². The first-order chi connectivity index (χ1) is 13.8. The Morgan fingerprint density at radius 2 is 1.86 bits per heavy atom. The number of rotatable bonds is 7. The molecule has 29 heavy (non-hydrogen) atoms. The van der Waals surface area contributed by atoms with Gasteiger partial charge < -0.3 is 19.1 Å². The molecule has 0 N–H and O–H groups in total. The zero-order valence-electron chi connectivity index (χ0n) is 15.8. The lowest BCUT2D eigenvalue weighted by Gasteiger charge is -2.16. The Labute approximate surface area is 174 Å². The smallest absolute Gasteiger partial charge is 0.416 e. The van der Waals surface area contributed by atoms with Gasteiger partial charge in [-0.2, -0.15) is 13.2 Å². The number of benzene rings is 2. The highest BCUT2D eigenvalue weighted by molar-refractivity contribution is 9.10. The molecule has 0 radical (unpaired) electrons. The van der Waals surface area contributed by atoms with Gasteiger partial charge in [-0.1, -0.05) is 12.1 Å². The molecule has 0 aliphatic carbocycles. The van der Waals surface area contributed by atoms with E-state index in [9.17, 15) is 18.0 Å². The number of amides is 1. The van der Waals surface area contributed by atoms with E-state index in [0.29, 0.717) is 46.6 Å². The summed E-state index contributed by atoms with van der Waals surface area (Å²) in [5.41, 5.74) is 1.22. The predicted octanol–water partition coefficient (Wildman–Crippen LogP) is 4.66. The van der Waals surface area contributed by atoms with Crippen LogP contribution in [-0.4, -0.2) is 38.4 Å². The minimum Gasteiger partial charge on any atom is -0.495 e. The Bertz CT molecular complexity index is 900. The van der Waals surface area contributed by atoms with Gasteiger partial charge in [-0.25, -0.2) is 0 Å². The van der Waals surface area contributed by atoms with E-state index in [1.54, 1.807) is 11.0 Å². The summed E-state index contributed by atoms with van der Waals surface area (Å²) in [6.07, 6.45) is -3.93. The first-order valence-electron chi connectivity index (χ1n) is 8.72. The molecule has 9 heteroatoms. The van der Waals surface area contributed by atoms with Crippen molar-refractivity contribution in [3.8, 4) is 11.5 Å². The van der Waals surface area contributed by atoms with Crippen LogP contribution in [0, 0.1) is 0 Å². The second-order valence-corrected chi connectivity index (χ2v) is 7.26. The number of alkyl halides is 3. The Morgan fingerprint density at radius 1 is 1.17 bits per heavy atom. The molecular weight excluding hydrogens is 455 g/mol. The van der Waals surface area contributed by atoms with Gasteiger partial charge in [-0.05, 0) is 46.1 Å². The predicted molar refractivity (Wildman–Crippen MR) is 103 cm³/mol. The second kappa shape index (κ2) is 8.62. The molecular formula is C20H19BrF3NO4. The molecule has 0 unspecified atom stereocenters. The van der Waals surface area contributed by atoms with Gasteiger partial charge in [-0.3, -0.25) is 4.79 Å². The fourth-order valence-corrected chi connectivity index (χ4v) is 3.78. The molecule has 156 valence electrons. The van der Waals surface area contributed by atoms with Gasteiger partial charge in [-0.15, -0.1) is 0 Å². The number of halogens is 4. The van der Waals surface area contributed by atoms with E-state index in [4.69, 9.17) is 14.2 Å². The number of fused-ring (bicyclic) bond motifs is 1. The Kier molecular flexibility index (Phi) is 6.38. The van der Waals surface area contributed by atoms with E-state index in [2.05, 4.69) is 15.9 Å². The van der Waals surface area contributed by atoms with Crippen LogP contribution in [-0.2, 0) is 23.9 Å². The molecule has 1 amide bonds. The quantitative estimate of drug-likeness (QED) is 0.548. The van der Waals surface area contributed by atoms with Crippen molar-refractivity contribution in [1.82, 2.24) is 4.90 Å². The standard InChI is InChI=1S/C20H19BrF3NO4/c1-27-11-29-18-15-10-25(19(26)14(15)9-16(28-2)17(18)21)8-7-12-3-5-13(6-4-12)20(22,23)24/h3-6,9H,7-8,10-11H2,1-2H3. The zero-order valence-corrected chi connectivity index (χ0v) is 17.4. The maximum Gasteiger partial charge on any atom is 0.416 e. The van der Waals surface area contributed by atoms with Gasteiger partial charge in [0.05, 0.1) is 24.8 Å². The largest absolute Gasteiger partial charge is 0.495 e. The summed E-state index contributed by atoms with van der Waals surface area (Å²) in [5, 5.41) is 0. The lowest BCUT2D eigenvalue weighted by Crippen LogP contribution is -2.26. The van der Waals surface area contributed by atoms with Crippen molar-refractivity contribution in [2.45, 2.75) is 19.1 Å². The molecule has 2 aromatic rings. The van der Waals surface area contributed by atoms with Crippen molar-refractivity contribution in [1.29, 1.82) is 0 Å². The Balaban J connectivity index is 1.76. The molecule has 0 fully saturated rings. The van der Waals surface area contributed by atoms with Crippen LogP contribution >= 0.6 is 15.9 Å². The number of carbonyl (C=O) groups is 1. The van der Waals surface area contributed by atoms with Gasteiger partial charge in [0.25, 0.3) is 5.91 Å². The van der Waals surface area contributed by atoms with Crippen LogP contribution in [0.15, 0.2) is 34.8 Å². The van der Waals surface area contributed by atoms with E-state index in [-0.39, 0.29) is 12.7 Å². The number of ether oxygens (including phenoxy) is 3. The van der Waals surface area contributed by atoms with Gasteiger partial charge in [0.1, 0.15) is 16.0 Å². The molecule has 3 rings (SSSR count). The van der Waals surface area contributed by atoms with Crippen LogP contribution in [0.4, 0.5) is 13.2 Å². The minimum atomic E-state index is -4.36. The van der Waals surface area contributed by atoms with E-state index < -0.39 is 11.7 Å². The van der Waals surface area contributed by atoms with Crippen LogP contribution in [0.1, 0.15) is 27.0 Å². The van der Waals surface area contributed by atoms with Crippen molar-refractivity contribution in [3.05, 3.63) is 57.1 Å². The highest BCUT2D eigenvalue weighted by Crippen LogP contribution is 2.43. The van der Waals surface area contributed by atoms with Crippen molar-refractivity contribution < 1.29 is 32.2 Å². The average Bonchev–Trinajstić information content (AvgIpc) is 3.00. The molecule has 0 aromatic heterocycles. The number of hydrogen-bond acceptors (Lipinski definition) is 4. The third kappa shape index (κ3) is 4.51. The van der Waals surface area contributed by atoms with Crippen LogP contribution in [0.2, 0.25) is 0 Å². The third-order valence-corrected chi connectivity index (χ3v) is 5.40. The summed E-state index contributed by atoms with van der Waals surface area (Å²) < 4.78 is 54.6. The summed E-state index contributed by atoms with van der Waals surface area (Å²) in [6, 6.07) is 6.62. The van der Waals surface area contributed by atoms with Crippen molar-refractivity contribution in [2.75, 3.05) is 27.6 Å². The number of carbonyl (C=O) groups excluding carboxylic acids is 1. The first-order valence-corrected chi connectivity index (χ1v) is 9.52. The Morgan fingerprint density at radius 3 is 2.45 bits per heavy atom. The summed E-state index contributed by atoms with van der Waals surface area (Å²) >= 11 is 3.44. The van der Waals surface area contributed by atoms with Crippen molar-refractivity contribution in [3.63, 3.8) is 0 Å². The fraction of sp³-hybridized carbons (Fsp3) is 0.350. The van der Waals surface area contributed by atoms with Gasteiger partial charge in [0, 0.05) is 19.2 Å². The molecule has 0 saturated heterocycles. The number of nitrogens with zero attached hydrogens (tertiary/aromatic N) is 1. The summed E-state index contributed by atoms with van der Waals surface area (Å²) in [7, 11) is 2.99. The summed E-state index contributed by atoms with van der Waals surface area (Å²) in [4.78, 5) is 14.5. The molecule has 0 atom stereocenters. The molecule has 5 nitrogen and oxygen atoms in total. The summed E-state index contributed by atoms with van der Waals surface area (Å²) in [5.74, 6) is 0.763. The van der Waals surface area contributed by atoms with Crippen LogP contribution < -0.4 is 9.47 Å². The second-order valence-electron chi connectivity index (χ2n) is 6.47.